The highest BCUT2D eigenvalue weighted by molar-refractivity contribution is 5.87. The molecule has 80 valence electrons. The van der Waals surface area contributed by atoms with Crippen LogP contribution >= 0.6 is 0 Å². The number of hydrogen-bond donors (Lipinski definition) is 0. The van der Waals surface area contributed by atoms with E-state index in [1.807, 2.05) is 13.8 Å². The van der Waals surface area contributed by atoms with Crippen molar-refractivity contribution < 1.29 is 14.3 Å². The molecule has 1 rings (SSSR count). The first kappa shape index (κ1) is 11.2. The van der Waals surface area contributed by atoms with Gasteiger partial charge >= 0.3 is 5.97 Å². The van der Waals surface area contributed by atoms with E-state index in [1.165, 1.54) is 7.11 Å². The van der Waals surface area contributed by atoms with Crippen molar-refractivity contribution in [1.29, 1.82) is 0 Å². The van der Waals surface area contributed by atoms with Gasteiger partial charge in [-0.15, -0.1) is 0 Å². The van der Waals surface area contributed by atoms with Gasteiger partial charge in [0.2, 0.25) is 0 Å². The van der Waals surface area contributed by atoms with Crippen LogP contribution in [0.2, 0.25) is 0 Å². The minimum absolute atomic E-state index is 0.0188. The van der Waals surface area contributed by atoms with Gasteiger partial charge in [0.25, 0.3) is 0 Å². The molecular weight excluding hydrogens is 180 g/mol. The van der Waals surface area contributed by atoms with Crippen LogP contribution in [0, 0.1) is 17.8 Å². The topological polar surface area (TPSA) is 43.4 Å². The van der Waals surface area contributed by atoms with Crippen molar-refractivity contribution in [3.8, 4) is 0 Å². The summed E-state index contributed by atoms with van der Waals surface area (Å²) in [7, 11) is 1.37. The van der Waals surface area contributed by atoms with Crippen LogP contribution in [0.3, 0.4) is 0 Å². The normalized spacial score (nSPS) is 18.0. The largest absolute Gasteiger partial charge is 0.469 e. The fourth-order valence-corrected chi connectivity index (χ4v) is 1.69. The number of hydrogen-bond acceptors (Lipinski definition) is 3. The van der Waals surface area contributed by atoms with E-state index in [0.717, 1.165) is 12.8 Å². The van der Waals surface area contributed by atoms with Crippen LogP contribution in [0.15, 0.2) is 0 Å². The summed E-state index contributed by atoms with van der Waals surface area (Å²) in [4.78, 5) is 22.9. The highest BCUT2D eigenvalue weighted by Gasteiger charge is 2.38. The lowest BCUT2D eigenvalue weighted by atomic mass is 9.88. The fourth-order valence-electron chi connectivity index (χ4n) is 1.69. The average Bonchev–Trinajstić information content (AvgIpc) is 2.95. The molecule has 1 saturated carbocycles. The molecule has 0 spiro atoms. The highest BCUT2D eigenvalue weighted by atomic mass is 16.5. The zero-order valence-corrected chi connectivity index (χ0v) is 9.08. The molecule has 0 amide bonds. The van der Waals surface area contributed by atoms with Crippen LogP contribution in [-0.2, 0) is 14.3 Å². The maximum atomic E-state index is 11.8. The molecule has 0 aliphatic heterocycles. The molecule has 0 radical (unpaired) electrons. The van der Waals surface area contributed by atoms with E-state index in [0.29, 0.717) is 5.92 Å². The van der Waals surface area contributed by atoms with Crippen molar-refractivity contribution in [2.75, 3.05) is 7.11 Å². The van der Waals surface area contributed by atoms with Gasteiger partial charge in [0.15, 0.2) is 0 Å². The van der Waals surface area contributed by atoms with Crippen molar-refractivity contribution in [1.82, 2.24) is 0 Å². The van der Waals surface area contributed by atoms with E-state index in [1.54, 1.807) is 0 Å². The Balaban J connectivity index is 2.55. The van der Waals surface area contributed by atoms with Gasteiger partial charge in [0.05, 0.1) is 13.5 Å². The standard InChI is InChI=1S/C11H18O3/c1-7(2)11(13)9(8-4-5-8)6-10(12)14-3/h7-9H,4-6H2,1-3H3. The Morgan fingerprint density at radius 2 is 1.93 bits per heavy atom. The van der Waals surface area contributed by atoms with Gasteiger partial charge in [-0.2, -0.15) is 0 Å². The van der Waals surface area contributed by atoms with Gasteiger partial charge in [-0.05, 0) is 18.8 Å². The molecule has 1 aliphatic rings. The monoisotopic (exact) mass is 198 g/mol. The minimum atomic E-state index is -0.268. The summed E-state index contributed by atoms with van der Waals surface area (Å²) in [5.74, 6) is 0.297. The van der Waals surface area contributed by atoms with Gasteiger partial charge in [0, 0.05) is 11.8 Å². The lowest BCUT2D eigenvalue weighted by molar-refractivity contribution is -0.144. The molecule has 3 nitrogen and oxygen atoms in total. The number of esters is 1. The third kappa shape index (κ3) is 2.82. The second-order valence-electron chi connectivity index (χ2n) is 4.28. The minimum Gasteiger partial charge on any atom is -0.469 e. The van der Waals surface area contributed by atoms with Gasteiger partial charge in [-0.3, -0.25) is 9.59 Å². The predicted molar refractivity (Wildman–Crippen MR) is 52.7 cm³/mol. The fraction of sp³-hybridized carbons (Fsp3) is 0.818. The van der Waals surface area contributed by atoms with Crippen LogP contribution < -0.4 is 0 Å². The molecule has 0 aromatic carbocycles. The molecule has 1 fully saturated rings. The molecule has 1 aliphatic carbocycles. The first-order valence-electron chi connectivity index (χ1n) is 5.16. The summed E-state index contributed by atoms with van der Waals surface area (Å²) in [5.41, 5.74) is 0. The lowest BCUT2D eigenvalue weighted by Gasteiger charge is -2.15. The Bertz CT molecular complexity index is 229. The Hall–Kier alpha value is -0.860. The second kappa shape index (κ2) is 4.58. The van der Waals surface area contributed by atoms with Gasteiger partial charge < -0.3 is 4.74 Å². The molecule has 1 unspecified atom stereocenters. The van der Waals surface area contributed by atoms with Crippen LogP contribution in [-0.4, -0.2) is 18.9 Å². The van der Waals surface area contributed by atoms with E-state index in [2.05, 4.69) is 4.74 Å². The number of rotatable bonds is 5. The summed E-state index contributed by atoms with van der Waals surface area (Å²) in [6.07, 6.45) is 2.43. The van der Waals surface area contributed by atoms with E-state index >= 15 is 0 Å². The van der Waals surface area contributed by atoms with Crippen molar-refractivity contribution in [2.45, 2.75) is 33.1 Å². The average molecular weight is 198 g/mol. The summed E-state index contributed by atoms with van der Waals surface area (Å²) in [6, 6.07) is 0. The molecule has 0 heterocycles. The van der Waals surface area contributed by atoms with Crippen molar-refractivity contribution in [3.05, 3.63) is 0 Å². The summed E-state index contributed by atoms with van der Waals surface area (Å²) in [6.45, 7) is 3.77. The SMILES string of the molecule is COC(=O)CC(C(=O)C(C)C)C1CC1. The molecule has 3 heteroatoms. The van der Waals surface area contributed by atoms with Crippen LogP contribution in [0.5, 0.6) is 0 Å². The number of ketones is 1. The zero-order chi connectivity index (χ0) is 10.7. The highest BCUT2D eigenvalue weighted by Crippen LogP contribution is 2.40. The van der Waals surface area contributed by atoms with Crippen LogP contribution in [0.4, 0.5) is 0 Å². The Labute approximate surface area is 84.8 Å². The van der Waals surface area contributed by atoms with Crippen LogP contribution in [0.1, 0.15) is 33.1 Å². The quantitative estimate of drug-likeness (QED) is 0.633. The third-order valence-electron chi connectivity index (χ3n) is 2.74. The van der Waals surface area contributed by atoms with Crippen molar-refractivity contribution >= 4 is 11.8 Å². The molecule has 14 heavy (non-hydrogen) atoms. The smallest absolute Gasteiger partial charge is 0.306 e. The molecule has 0 bridgehead atoms. The van der Waals surface area contributed by atoms with E-state index in [9.17, 15) is 9.59 Å². The number of Topliss-reactive ketones (excluding diaryl/α,β-unsaturated/α-hetero) is 1. The number of methoxy groups -OCH3 is 1. The predicted octanol–water partition coefficient (Wildman–Crippen LogP) is 1.80. The van der Waals surface area contributed by atoms with Crippen LogP contribution in [0.25, 0.3) is 0 Å². The molecular formula is C11H18O3. The second-order valence-corrected chi connectivity index (χ2v) is 4.28. The summed E-state index contributed by atoms with van der Waals surface area (Å²) < 4.78 is 4.60. The maximum absolute atomic E-state index is 11.8. The molecule has 1 atom stereocenters. The third-order valence-corrected chi connectivity index (χ3v) is 2.74. The molecule has 0 N–H and O–H groups in total. The first-order valence-corrected chi connectivity index (χ1v) is 5.16. The zero-order valence-electron chi connectivity index (χ0n) is 9.08. The lowest BCUT2D eigenvalue weighted by Crippen LogP contribution is -2.25. The molecule has 0 aromatic heterocycles. The molecule has 0 aromatic rings. The first-order chi connectivity index (χ1) is 6.56. The Kier molecular flexibility index (Phi) is 3.67. The van der Waals surface area contributed by atoms with Gasteiger partial charge in [0.1, 0.15) is 5.78 Å². The number of carbonyl (C=O) groups excluding carboxylic acids is 2. The summed E-state index contributed by atoms with van der Waals surface area (Å²) in [5, 5.41) is 0. The van der Waals surface area contributed by atoms with Gasteiger partial charge in [-0.1, -0.05) is 13.8 Å². The Morgan fingerprint density at radius 1 is 1.36 bits per heavy atom. The number of ether oxygens (including phenoxy) is 1. The van der Waals surface area contributed by atoms with E-state index in [-0.39, 0.29) is 30.0 Å². The van der Waals surface area contributed by atoms with E-state index in [4.69, 9.17) is 0 Å². The van der Waals surface area contributed by atoms with Crippen molar-refractivity contribution in [3.63, 3.8) is 0 Å². The maximum Gasteiger partial charge on any atom is 0.306 e. The molecule has 0 saturated heterocycles. The Morgan fingerprint density at radius 3 is 2.29 bits per heavy atom. The van der Waals surface area contributed by atoms with E-state index < -0.39 is 0 Å². The van der Waals surface area contributed by atoms with Crippen molar-refractivity contribution in [2.24, 2.45) is 17.8 Å². The summed E-state index contributed by atoms with van der Waals surface area (Å²) >= 11 is 0. The number of carbonyl (C=O) groups is 2. The van der Waals surface area contributed by atoms with Gasteiger partial charge in [-0.25, -0.2) is 0 Å².